The molecule has 0 saturated carbocycles. The maximum atomic E-state index is 12.9. The van der Waals surface area contributed by atoms with Gasteiger partial charge in [0.1, 0.15) is 5.82 Å². The molecule has 0 aliphatic rings. The lowest BCUT2D eigenvalue weighted by Gasteiger charge is -2.04. The largest absolute Gasteiger partial charge is 0.296 e. The molecule has 0 spiro atoms. The van der Waals surface area contributed by atoms with Gasteiger partial charge in [0, 0.05) is 5.75 Å². The van der Waals surface area contributed by atoms with E-state index in [1.807, 2.05) is 13.0 Å². The van der Waals surface area contributed by atoms with Gasteiger partial charge >= 0.3 is 0 Å². The summed E-state index contributed by atoms with van der Waals surface area (Å²) in [5, 5.41) is 11.5. The summed E-state index contributed by atoms with van der Waals surface area (Å²) >= 11 is 8.85. The molecule has 0 aliphatic carbocycles. The Kier molecular flexibility index (Phi) is 5.67. The first-order chi connectivity index (χ1) is 12.0. The molecular formula is C17H13ClFN3OS2. The highest BCUT2D eigenvalue weighted by Crippen LogP contribution is 2.29. The molecule has 25 heavy (non-hydrogen) atoms. The van der Waals surface area contributed by atoms with Crippen LogP contribution in [-0.4, -0.2) is 16.1 Å². The zero-order chi connectivity index (χ0) is 17.8. The standard InChI is InChI=1S/C17H13ClFN3OS2/c1-10-2-7-13(14(18)8-10)15(23)20-16-21-22-17(25-16)24-9-11-3-5-12(19)6-4-11/h2-8H,9H2,1H3,(H,20,21,23). The van der Waals surface area contributed by atoms with E-state index >= 15 is 0 Å². The second-order valence-corrected chi connectivity index (χ2v) is 7.83. The minimum absolute atomic E-state index is 0.260. The molecule has 1 amide bonds. The molecule has 3 rings (SSSR count). The van der Waals surface area contributed by atoms with Crippen molar-refractivity contribution in [3.63, 3.8) is 0 Å². The number of aromatic nitrogens is 2. The van der Waals surface area contributed by atoms with Crippen LogP contribution in [0.2, 0.25) is 5.02 Å². The van der Waals surface area contributed by atoms with E-state index in [1.165, 1.54) is 35.2 Å². The van der Waals surface area contributed by atoms with E-state index in [9.17, 15) is 9.18 Å². The Morgan fingerprint density at radius 3 is 2.72 bits per heavy atom. The number of aryl methyl sites for hydroxylation is 1. The van der Waals surface area contributed by atoms with Crippen molar-refractivity contribution in [3.8, 4) is 0 Å². The van der Waals surface area contributed by atoms with Crippen LogP contribution in [0.5, 0.6) is 0 Å². The second kappa shape index (κ2) is 7.95. The van der Waals surface area contributed by atoms with Crippen LogP contribution in [0.4, 0.5) is 9.52 Å². The highest BCUT2D eigenvalue weighted by molar-refractivity contribution is 8.00. The van der Waals surface area contributed by atoms with Gasteiger partial charge in [-0.15, -0.1) is 10.2 Å². The first-order valence-corrected chi connectivity index (χ1v) is 9.47. The highest BCUT2D eigenvalue weighted by atomic mass is 35.5. The lowest BCUT2D eigenvalue weighted by Crippen LogP contribution is -2.12. The van der Waals surface area contributed by atoms with Gasteiger partial charge < -0.3 is 0 Å². The SMILES string of the molecule is Cc1ccc(C(=O)Nc2nnc(SCc3ccc(F)cc3)s2)c(Cl)c1. The zero-order valence-electron chi connectivity index (χ0n) is 13.1. The second-order valence-electron chi connectivity index (χ2n) is 5.23. The van der Waals surface area contributed by atoms with Gasteiger partial charge in [0.05, 0.1) is 10.6 Å². The Balaban J connectivity index is 1.61. The fourth-order valence-corrected chi connectivity index (χ4v) is 4.04. The van der Waals surface area contributed by atoms with Gasteiger partial charge in [0.15, 0.2) is 4.34 Å². The lowest BCUT2D eigenvalue weighted by molar-refractivity contribution is 0.102. The molecule has 1 N–H and O–H groups in total. The van der Waals surface area contributed by atoms with Crippen LogP contribution < -0.4 is 5.32 Å². The Bertz CT molecular complexity index is 899. The van der Waals surface area contributed by atoms with Crippen LogP contribution in [0.25, 0.3) is 0 Å². The van der Waals surface area contributed by atoms with Gasteiger partial charge in [-0.3, -0.25) is 10.1 Å². The predicted molar refractivity (Wildman–Crippen MR) is 100 cm³/mol. The molecule has 0 aliphatic heterocycles. The number of hydrogen-bond acceptors (Lipinski definition) is 5. The maximum absolute atomic E-state index is 12.9. The minimum Gasteiger partial charge on any atom is -0.296 e. The molecular weight excluding hydrogens is 381 g/mol. The number of carbonyl (C=O) groups is 1. The minimum atomic E-state index is -0.323. The molecule has 1 aromatic heterocycles. The normalized spacial score (nSPS) is 10.7. The summed E-state index contributed by atoms with van der Waals surface area (Å²) in [6.45, 7) is 1.91. The Morgan fingerprint density at radius 2 is 2.00 bits per heavy atom. The van der Waals surface area contributed by atoms with Crippen molar-refractivity contribution in [1.82, 2.24) is 10.2 Å². The number of hydrogen-bond donors (Lipinski definition) is 1. The van der Waals surface area contributed by atoms with Crippen molar-refractivity contribution >= 4 is 45.7 Å². The number of carbonyl (C=O) groups excluding carboxylic acids is 1. The van der Waals surface area contributed by atoms with Crippen LogP contribution in [-0.2, 0) is 5.75 Å². The fourth-order valence-electron chi connectivity index (χ4n) is 2.01. The fraction of sp³-hybridized carbons (Fsp3) is 0.118. The smallest absolute Gasteiger partial charge is 0.259 e. The van der Waals surface area contributed by atoms with Crippen LogP contribution in [0.1, 0.15) is 21.5 Å². The summed E-state index contributed by atoms with van der Waals surface area (Å²) in [7, 11) is 0. The Morgan fingerprint density at radius 1 is 1.24 bits per heavy atom. The molecule has 128 valence electrons. The van der Waals surface area contributed by atoms with Gasteiger partial charge in [0.25, 0.3) is 5.91 Å². The monoisotopic (exact) mass is 393 g/mol. The molecule has 0 saturated heterocycles. The molecule has 1 heterocycles. The van der Waals surface area contributed by atoms with Gasteiger partial charge in [0.2, 0.25) is 5.13 Å². The number of anilines is 1. The van der Waals surface area contributed by atoms with Crippen LogP contribution in [0.15, 0.2) is 46.8 Å². The average Bonchev–Trinajstić information content (AvgIpc) is 3.01. The Labute approximate surface area is 157 Å². The van der Waals surface area contributed by atoms with Crippen LogP contribution >= 0.6 is 34.7 Å². The maximum Gasteiger partial charge on any atom is 0.259 e. The van der Waals surface area contributed by atoms with E-state index in [0.29, 0.717) is 21.5 Å². The molecule has 0 unspecified atom stereocenters. The van der Waals surface area contributed by atoms with E-state index in [4.69, 9.17) is 11.6 Å². The summed E-state index contributed by atoms with van der Waals surface area (Å²) in [4.78, 5) is 12.3. The summed E-state index contributed by atoms with van der Waals surface area (Å²) in [5.74, 6) is 0.0628. The van der Waals surface area contributed by atoms with Crippen molar-refractivity contribution in [2.75, 3.05) is 5.32 Å². The molecule has 0 radical (unpaired) electrons. The third-order valence-corrected chi connectivity index (χ3v) is 5.63. The van der Waals surface area contributed by atoms with Crippen molar-refractivity contribution in [2.45, 2.75) is 17.0 Å². The van der Waals surface area contributed by atoms with E-state index in [2.05, 4.69) is 15.5 Å². The molecule has 0 bridgehead atoms. The van der Waals surface area contributed by atoms with Gasteiger partial charge in [-0.2, -0.15) is 0 Å². The van der Waals surface area contributed by atoms with Gasteiger partial charge in [-0.05, 0) is 42.3 Å². The van der Waals surface area contributed by atoms with Crippen molar-refractivity contribution in [2.24, 2.45) is 0 Å². The lowest BCUT2D eigenvalue weighted by atomic mass is 10.1. The topological polar surface area (TPSA) is 54.9 Å². The van der Waals surface area contributed by atoms with Crippen LogP contribution in [0, 0.1) is 12.7 Å². The van der Waals surface area contributed by atoms with Gasteiger partial charge in [-0.1, -0.05) is 52.9 Å². The van der Waals surface area contributed by atoms with E-state index < -0.39 is 0 Å². The van der Waals surface area contributed by atoms with Gasteiger partial charge in [-0.25, -0.2) is 4.39 Å². The average molecular weight is 394 g/mol. The van der Waals surface area contributed by atoms with E-state index in [-0.39, 0.29) is 11.7 Å². The number of amides is 1. The number of halogens is 2. The molecule has 8 heteroatoms. The number of rotatable bonds is 5. The summed E-state index contributed by atoms with van der Waals surface area (Å²) < 4.78 is 13.6. The first kappa shape index (κ1) is 17.8. The number of nitrogens with zero attached hydrogens (tertiary/aromatic N) is 2. The first-order valence-electron chi connectivity index (χ1n) is 7.29. The third kappa shape index (κ3) is 4.78. The number of nitrogens with one attached hydrogen (secondary N) is 1. The summed E-state index contributed by atoms with van der Waals surface area (Å²) in [6.07, 6.45) is 0. The molecule has 0 fully saturated rings. The third-order valence-electron chi connectivity index (χ3n) is 3.27. The molecule has 4 nitrogen and oxygen atoms in total. The summed E-state index contributed by atoms with van der Waals surface area (Å²) in [5.41, 5.74) is 2.36. The summed E-state index contributed by atoms with van der Waals surface area (Å²) in [6, 6.07) is 11.5. The number of thioether (sulfide) groups is 1. The molecule has 2 aromatic carbocycles. The molecule has 3 aromatic rings. The van der Waals surface area contributed by atoms with Crippen molar-refractivity contribution in [1.29, 1.82) is 0 Å². The van der Waals surface area contributed by atoms with Crippen LogP contribution in [0.3, 0.4) is 0 Å². The number of benzene rings is 2. The van der Waals surface area contributed by atoms with E-state index in [0.717, 1.165) is 15.5 Å². The quantitative estimate of drug-likeness (QED) is 0.479. The zero-order valence-corrected chi connectivity index (χ0v) is 15.5. The predicted octanol–water partition coefficient (Wildman–Crippen LogP) is 5.18. The van der Waals surface area contributed by atoms with E-state index in [1.54, 1.807) is 24.3 Å². The van der Waals surface area contributed by atoms with Crippen molar-refractivity contribution in [3.05, 3.63) is 70.0 Å². The highest BCUT2D eigenvalue weighted by Gasteiger charge is 2.13. The molecule has 0 atom stereocenters. The Hall–Kier alpha value is -1.96. The van der Waals surface area contributed by atoms with Crippen molar-refractivity contribution < 1.29 is 9.18 Å².